The molecule has 0 aliphatic heterocycles. The van der Waals surface area contributed by atoms with Crippen molar-refractivity contribution in [3.63, 3.8) is 0 Å². The molecule has 0 aliphatic rings. The van der Waals surface area contributed by atoms with Crippen LogP contribution in [-0.4, -0.2) is 11.0 Å². The molecule has 0 bridgehead atoms. The van der Waals surface area contributed by atoms with Gasteiger partial charge in [0.2, 0.25) is 0 Å². The summed E-state index contributed by atoms with van der Waals surface area (Å²) in [6, 6.07) is 13.1. The highest BCUT2D eigenvalue weighted by Crippen LogP contribution is 2.17. The first kappa shape index (κ1) is 14.1. The number of aryl methyl sites for hydroxylation is 2. The van der Waals surface area contributed by atoms with E-state index in [1.807, 2.05) is 12.1 Å². The van der Waals surface area contributed by atoms with Gasteiger partial charge in [-0.25, -0.2) is 0 Å². The van der Waals surface area contributed by atoms with Gasteiger partial charge < -0.3 is 10.4 Å². The van der Waals surface area contributed by atoms with E-state index in [4.69, 9.17) is 0 Å². The third-order valence-electron chi connectivity index (χ3n) is 3.36. The van der Waals surface area contributed by atoms with E-state index in [0.717, 1.165) is 17.5 Å². The number of benzene rings is 2. The fraction of sp³-hybridized carbons (Fsp3) is 0.235. The molecule has 0 saturated carbocycles. The van der Waals surface area contributed by atoms with Gasteiger partial charge in [0.25, 0.3) is 5.91 Å². The van der Waals surface area contributed by atoms with Crippen molar-refractivity contribution in [2.24, 2.45) is 0 Å². The predicted octanol–water partition coefficient (Wildman–Crippen LogP) is 3.19. The first-order valence-electron chi connectivity index (χ1n) is 6.75. The van der Waals surface area contributed by atoms with E-state index in [2.05, 4.69) is 24.4 Å². The van der Waals surface area contributed by atoms with Crippen LogP contribution < -0.4 is 5.32 Å². The first-order valence-corrected chi connectivity index (χ1v) is 6.75. The number of hydrogen-bond acceptors (Lipinski definition) is 2. The van der Waals surface area contributed by atoms with Crippen LogP contribution in [-0.2, 0) is 13.0 Å². The molecule has 3 nitrogen and oxygen atoms in total. The second-order valence-corrected chi connectivity index (χ2v) is 4.85. The summed E-state index contributed by atoms with van der Waals surface area (Å²) in [5, 5.41) is 12.5. The molecule has 2 N–H and O–H groups in total. The number of nitrogens with one attached hydrogen (secondary N) is 1. The van der Waals surface area contributed by atoms with Crippen LogP contribution >= 0.6 is 0 Å². The molecule has 0 atom stereocenters. The lowest BCUT2D eigenvalue weighted by molar-refractivity contribution is 0.0950. The van der Waals surface area contributed by atoms with Gasteiger partial charge in [-0.1, -0.05) is 37.3 Å². The van der Waals surface area contributed by atoms with Gasteiger partial charge in [-0.05, 0) is 42.2 Å². The second-order valence-electron chi connectivity index (χ2n) is 4.85. The number of rotatable bonds is 4. The Labute approximate surface area is 119 Å². The number of amides is 1. The molecule has 0 aliphatic carbocycles. The lowest BCUT2D eigenvalue weighted by Crippen LogP contribution is -2.22. The molecule has 20 heavy (non-hydrogen) atoms. The maximum atomic E-state index is 12.0. The van der Waals surface area contributed by atoms with Crippen LogP contribution in [0.5, 0.6) is 5.75 Å². The van der Waals surface area contributed by atoms with Crippen molar-refractivity contribution < 1.29 is 9.90 Å². The zero-order valence-electron chi connectivity index (χ0n) is 11.8. The van der Waals surface area contributed by atoms with Crippen molar-refractivity contribution >= 4 is 5.91 Å². The highest BCUT2D eigenvalue weighted by molar-refractivity contribution is 5.94. The van der Waals surface area contributed by atoms with Gasteiger partial charge in [0, 0.05) is 12.1 Å². The summed E-state index contributed by atoms with van der Waals surface area (Å²) in [5.41, 5.74) is 3.57. The molecule has 0 aromatic heterocycles. The molecular weight excluding hydrogens is 250 g/mol. The van der Waals surface area contributed by atoms with E-state index in [0.29, 0.717) is 12.1 Å². The number of carbonyl (C=O) groups excluding carboxylic acids is 1. The molecule has 0 saturated heterocycles. The van der Waals surface area contributed by atoms with Gasteiger partial charge >= 0.3 is 0 Å². The summed E-state index contributed by atoms with van der Waals surface area (Å²) in [5.74, 6) is -0.0372. The molecule has 2 aromatic carbocycles. The fourth-order valence-electron chi connectivity index (χ4n) is 1.93. The second kappa shape index (κ2) is 6.24. The first-order chi connectivity index (χ1) is 9.60. The van der Waals surface area contributed by atoms with Crippen LogP contribution in [0.1, 0.15) is 34.0 Å². The van der Waals surface area contributed by atoms with Gasteiger partial charge in [-0.15, -0.1) is 0 Å². The average molecular weight is 269 g/mol. The SMILES string of the molecule is CCc1ccc(CNC(=O)c2ccc(C)c(O)c2)cc1. The Balaban J connectivity index is 1.98. The van der Waals surface area contributed by atoms with E-state index in [1.165, 1.54) is 11.6 Å². The van der Waals surface area contributed by atoms with E-state index in [-0.39, 0.29) is 11.7 Å². The predicted molar refractivity (Wildman–Crippen MR) is 79.8 cm³/mol. The molecule has 2 aromatic rings. The van der Waals surface area contributed by atoms with Gasteiger partial charge in [-0.3, -0.25) is 4.79 Å². The van der Waals surface area contributed by atoms with Crippen molar-refractivity contribution in [3.05, 3.63) is 64.7 Å². The van der Waals surface area contributed by atoms with E-state index in [9.17, 15) is 9.90 Å². The normalized spacial score (nSPS) is 10.3. The zero-order chi connectivity index (χ0) is 14.5. The van der Waals surface area contributed by atoms with Crippen LogP contribution in [0.15, 0.2) is 42.5 Å². The third-order valence-corrected chi connectivity index (χ3v) is 3.36. The summed E-state index contributed by atoms with van der Waals surface area (Å²) in [7, 11) is 0. The van der Waals surface area contributed by atoms with Crippen molar-refractivity contribution in [1.82, 2.24) is 5.32 Å². The third kappa shape index (κ3) is 3.38. The van der Waals surface area contributed by atoms with Crippen molar-refractivity contribution in [1.29, 1.82) is 0 Å². The molecule has 0 fully saturated rings. The smallest absolute Gasteiger partial charge is 0.251 e. The minimum absolute atomic E-state index is 0.143. The van der Waals surface area contributed by atoms with Gasteiger partial charge in [0.05, 0.1) is 0 Å². The largest absolute Gasteiger partial charge is 0.508 e. The van der Waals surface area contributed by atoms with Crippen molar-refractivity contribution in [3.8, 4) is 5.75 Å². The lowest BCUT2D eigenvalue weighted by atomic mass is 10.1. The van der Waals surface area contributed by atoms with Gasteiger partial charge in [0.1, 0.15) is 5.75 Å². The Hall–Kier alpha value is -2.29. The molecule has 0 spiro atoms. The summed E-state index contributed by atoms with van der Waals surface area (Å²) < 4.78 is 0. The molecule has 3 heteroatoms. The Morgan fingerprint density at radius 3 is 2.35 bits per heavy atom. The van der Waals surface area contributed by atoms with Crippen LogP contribution in [0.3, 0.4) is 0 Å². The Morgan fingerprint density at radius 2 is 1.75 bits per heavy atom. The van der Waals surface area contributed by atoms with Gasteiger partial charge in [-0.2, -0.15) is 0 Å². The number of carbonyl (C=O) groups is 1. The van der Waals surface area contributed by atoms with E-state index in [1.54, 1.807) is 19.1 Å². The number of hydrogen-bond donors (Lipinski definition) is 2. The maximum Gasteiger partial charge on any atom is 0.251 e. The summed E-state index contributed by atoms with van der Waals surface area (Å²) in [6.45, 7) is 4.39. The Morgan fingerprint density at radius 1 is 1.10 bits per heavy atom. The van der Waals surface area contributed by atoms with Crippen LogP contribution in [0.2, 0.25) is 0 Å². The van der Waals surface area contributed by atoms with E-state index < -0.39 is 0 Å². The highest BCUT2D eigenvalue weighted by Gasteiger charge is 2.07. The maximum absolute atomic E-state index is 12.0. The van der Waals surface area contributed by atoms with E-state index >= 15 is 0 Å². The average Bonchev–Trinajstić information content (AvgIpc) is 2.48. The monoisotopic (exact) mass is 269 g/mol. The Bertz CT molecular complexity index is 603. The topological polar surface area (TPSA) is 49.3 Å². The molecule has 104 valence electrons. The highest BCUT2D eigenvalue weighted by atomic mass is 16.3. The summed E-state index contributed by atoms with van der Waals surface area (Å²) in [4.78, 5) is 12.0. The standard InChI is InChI=1S/C17H19NO2/c1-3-13-5-7-14(8-6-13)11-18-17(20)15-9-4-12(2)16(19)10-15/h4-10,19H,3,11H2,1-2H3,(H,18,20). The number of aromatic hydroxyl groups is 1. The molecule has 1 amide bonds. The Kier molecular flexibility index (Phi) is 4.41. The molecule has 0 heterocycles. The molecule has 0 radical (unpaired) electrons. The summed E-state index contributed by atoms with van der Waals surface area (Å²) in [6.07, 6.45) is 1.01. The fourth-order valence-corrected chi connectivity index (χ4v) is 1.93. The number of phenols is 1. The van der Waals surface area contributed by atoms with Gasteiger partial charge in [0.15, 0.2) is 0 Å². The molecule has 2 rings (SSSR count). The zero-order valence-corrected chi connectivity index (χ0v) is 11.8. The van der Waals surface area contributed by atoms with Crippen LogP contribution in [0.25, 0.3) is 0 Å². The lowest BCUT2D eigenvalue weighted by Gasteiger charge is -2.07. The quantitative estimate of drug-likeness (QED) is 0.895. The molecule has 0 unspecified atom stereocenters. The van der Waals surface area contributed by atoms with Crippen molar-refractivity contribution in [2.75, 3.05) is 0 Å². The minimum atomic E-state index is -0.181. The van der Waals surface area contributed by atoms with Crippen molar-refractivity contribution in [2.45, 2.75) is 26.8 Å². The number of phenolic OH excluding ortho intramolecular Hbond substituents is 1. The van der Waals surface area contributed by atoms with Crippen LogP contribution in [0, 0.1) is 6.92 Å². The summed E-state index contributed by atoms with van der Waals surface area (Å²) >= 11 is 0. The minimum Gasteiger partial charge on any atom is -0.508 e. The molecular formula is C17H19NO2. The van der Waals surface area contributed by atoms with Crippen LogP contribution in [0.4, 0.5) is 0 Å².